The number of nitro benzene ring substituents is 1. The second-order valence-corrected chi connectivity index (χ2v) is 10.3. The van der Waals surface area contributed by atoms with Crippen molar-refractivity contribution >= 4 is 40.8 Å². The van der Waals surface area contributed by atoms with Gasteiger partial charge in [-0.3, -0.25) is 29.3 Å². The number of esters is 1. The van der Waals surface area contributed by atoms with Gasteiger partial charge in [-0.25, -0.2) is 4.90 Å². The molecule has 2 saturated heterocycles. The van der Waals surface area contributed by atoms with Crippen molar-refractivity contribution < 1.29 is 33.6 Å². The van der Waals surface area contributed by atoms with Gasteiger partial charge in [0.05, 0.1) is 47.2 Å². The first-order valence-electron chi connectivity index (χ1n) is 12.6. The maximum Gasteiger partial charge on any atom is 0.316 e. The second-order valence-electron chi connectivity index (χ2n) is 10.3. The maximum atomic E-state index is 13.2. The van der Waals surface area contributed by atoms with E-state index in [1.54, 1.807) is 18.2 Å². The number of methoxy groups -OCH3 is 1. The van der Waals surface area contributed by atoms with Crippen LogP contribution in [-0.2, 0) is 19.2 Å². The Morgan fingerprint density at radius 3 is 2.39 bits per heavy atom. The Labute approximate surface area is 217 Å². The lowest BCUT2D eigenvalue weighted by Gasteiger charge is -2.19. The minimum Gasteiger partial charge on any atom is -0.494 e. The number of anilines is 2. The molecule has 5 atom stereocenters. The van der Waals surface area contributed by atoms with Crippen LogP contribution in [0.3, 0.4) is 0 Å². The summed E-state index contributed by atoms with van der Waals surface area (Å²) in [5.41, 5.74) is 0.518. The highest BCUT2D eigenvalue weighted by Crippen LogP contribution is 2.56. The molecule has 6 rings (SSSR count). The first-order valence-corrected chi connectivity index (χ1v) is 12.6. The number of non-ortho nitro benzene ring substituents is 1. The summed E-state index contributed by atoms with van der Waals surface area (Å²) in [7, 11) is 1.34. The van der Waals surface area contributed by atoms with Gasteiger partial charge < -0.3 is 14.4 Å². The van der Waals surface area contributed by atoms with Crippen LogP contribution in [0, 0.1) is 39.7 Å². The molecule has 0 unspecified atom stereocenters. The summed E-state index contributed by atoms with van der Waals surface area (Å²) in [6, 6.07) is 10.2. The fourth-order valence-electron chi connectivity index (χ4n) is 6.65. The standard InChI is InChI=1S/C27H25N3O8/c1-37-21-12-18(30(35)36)7-8-20(21)28-13-16(10-22(28)31)27(34)38-19-4-2-3-17(11-19)29-25(32)23-14-5-6-15(9-14)24(23)26(29)33/h2-4,7-8,11-12,14-16,23-24H,5-6,9-10,13H2,1H3/t14-,15-,16+,23-,24-/m0/s1. The number of carbonyl (C=O) groups is 4. The maximum absolute atomic E-state index is 13.2. The Morgan fingerprint density at radius 1 is 1.03 bits per heavy atom. The van der Waals surface area contributed by atoms with Crippen LogP contribution in [0.2, 0.25) is 0 Å². The third-order valence-electron chi connectivity index (χ3n) is 8.35. The van der Waals surface area contributed by atoms with E-state index >= 15 is 0 Å². The Bertz CT molecular complexity index is 1360. The van der Waals surface area contributed by atoms with E-state index in [-0.39, 0.29) is 71.5 Å². The van der Waals surface area contributed by atoms with Gasteiger partial charge in [-0.05, 0) is 49.3 Å². The molecule has 11 heteroatoms. The normalized spacial score (nSPS) is 27.7. The van der Waals surface area contributed by atoms with Gasteiger partial charge in [-0.2, -0.15) is 0 Å². The zero-order valence-corrected chi connectivity index (χ0v) is 20.6. The highest BCUT2D eigenvalue weighted by atomic mass is 16.6. The SMILES string of the molecule is COc1cc([N+](=O)[O-])ccc1N1C[C@H](C(=O)Oc2cccc(N3C(=O)[C@H]4[C@H]5CC[C@@H](C5)[C@@H]4C3=O)c2)CC1=O. The number of benzene rings is 2. The number of nitrogens with zero attached hydrogens (tertiary/aromatic N) is 3. The Kier molecular flexibility index (Phi) is 5.66. The molecule has 3 amide bonds. The predicted molar refractivity (Wildman–Crippen MR) is 132 cm³/mol. The number of carbonyl (C=O) groups excluding carboxylic acids is 4. The number of hydrogen-bond acceptors (Lipinski definition) is 8. The third kappa shape index (κ3) is 3.72. The highest BCUT2D eigenvalue weighted by Gasteiger charge is 2.61. The first-order chi connectivity index (χ1) is 18.3. The summed E-state index contributed by atoms with van der Waals surface area (Å²) in [4.78, 5) is 65.1. The van der Waals surface area contributed by atoms with Gasteiger partial charge in [0, 0.05) is 25.1 Å². The van der Waals surface area contributed by atoms with Crippen LogP contribution in [0.4, 0.5) is 17.1 Å². The lowest BCUT2D eigenvalue weighted by molar-refractivity contribution is -0.384. The van der Waals surface area contributed by atoms with E-state index in [2.05, 4.69) is 0 Å². The number of fused-ring (bicyclic) bond motifs is 5. The van der Waals surface area contributed by atoms with Gasteiger partial charge >= 0.3 is 5.97 Å². The lowest BCUT2D eigenvalue weighted by atomic mass is 9.81. The van der Waals surface area contributed by atoms with Crippen molar-refractivity contribution in [1.29, 1.82) is 0 Å². The minimum absolute atomic E-state index is 0.0146. The topological polar surface area (TPSA) is 136 Å². The Morgan fingerprint density at radius 2 is 1.74 bits per heavy atom. The largest absolute Gasteiger partial charge is 0.494 e. The minimum atomic E-state index is -0.781. The number of nitro groups is 1. The van der Waals surface area contributed by atoms with E-state index in [4.69, 9.17) is 9.47 Å². The van der Waals surface area contributed by atoms with E-state index in [0.717, 1.165) is 19.3 Å². The van der Waals surface area contributed by atoms with E-state index in [1.165, 1.54) is 41.2 Å². The number of hydrogen-bond donors (Lipinski definition) is 0. The molecule has 0 N–H and O–H groups in total. The van der Waals surface area contributed by atoms with Crippen LogP contribution < -0.4 is 19.3 Å². The average molecular weight is 520 g/mol. The van der Waals surface area contributed by atoms with Crippen molar-refractivity contribution in [2.24, 2.45) is 29.6 Å². The molecule has 2 aliphatic heterocycles. The predicted octanol–water partition coefficient (Wildman–Crippen LogP) is 3.10. The van der Waals surface area contributed by atoms with Crippen molar-refractivity contribution in [3.63, 3.8) is 0 Å². The molecule has 38 heavy (non-hydrogen) atoms. The summed E-state index contributed by atoms with van der Waals surface area (Å²) in [5.74, 6) is -1.76. The Balaban J connectivity index is 1.17. The zero-order valence-electron chi connectivity index (χ0n) is 20.6. The lowest BCUT2D eigenvalue weighted by Crippen LogP contribution is -2.32. The summed E-state index contributed by atoms with van der Waals surface area (Å²) >= 11 is 0. The average Bonchev–Trinajstić information content (AvgIpc) is 3.67. The quantitative estimate of drug-likeness (QED) is 0.187. The van der Waals surface area contributed by atoms with Crippen molar-refractivity contribution in [2.75, 3.05) is 23.5 Å². The smallest absolute Gasteiger partial charge is 0.316 e. The fourth-order valence-corrected chi connectivity index (χ4v) is 6.65. The summed E-state index contributed by atoms with van der Waals surface area (Å²) < 4.78 is 10.8. The zero-order chi connectivity index (χ0) is 26.7. The molecule has 2 aromatic rings. The van der Waals surface area contributed by atoms with Crippen molar-refractivity contribution in [3.8, 4) is 11.5 Å². The van der Waals surface area contributed by atoms with E-state index in [1.807, 2.05) is 0 Å². The molecule has 11 nitrogen and oxygen atoms in total. The van der Waals surface area contributed by atoms with Crippen LogP contribution in [0.25, 0.3) is 0 Å². The molecule has 2 aliphatic carbocycles. The molecular formula is C27H25N3O8. The van der Waals surface area contributed by atoms with E-state index < -0.39 is 16.8 Å². The number of amides is 3. The van der Waals surface area contributed by atoms with Gasteiger partial charge in [0.25, 0.3) is 5.69 Å². The molecule has 4 aliphatic rings. The fraction of sp³-hybridized carbons (Fsp3) is 0.407. The number of imide groups is 1. The number of rotatable bonds is 6. The van der Waals surface area contributed by atoms with E-state index in [9.17, 15) is 29.3 Å². The second kappa shape index (κ2) is 8.93. The van der Waals surface area contributed by atoms with Gasteiger partial charge in [-0.15, -0.1) is 0 Å². The van der Waals surface area contributed by atoms with Crippen molar-refractivity contribution in [2.45, 2.75) is 25.7 Å². The molecule has 196 valence electrons. The van der Waals surface area contributed by atoms with E-state index in [0.29, 0.717) is 11.4 Å². The van der Waals surface area contributed by atoms with Gasteiger partial charge in [0.15, 0.2) is 0 Å². The molecule has 0 aromatic heterocycles. The summed E-state index contributed by atoms with van der Waals surface area (Å²) in [5, 5.41) is 11.1. The number of ether oxygens (including phenoxy) is 2. The van der Waals surface area contributed by atoms with Gasteiger partial charge in [0.2, 0.25) is 17.7 Å². The van der Waals surface area contributed by atoms with Crippen molar-refractivity contribution in [1.82, 2.24) is 0 Å². The molecule has 4 fully saturated rings. The van der Waals surface area contributed by atoms with Crippen LogP contribution in [-0.4, -0.2) is 42.3 Å². The molecule has 2 saturated carbocycles. The summed E-state index contributed by atoms with van der Waals surface area (Å²) in [6.07, 6.45) is 2.81. The molecule has 0 radical (unpaired) electrons. The highest BCUT2D eigenvalue weighted by molar-refractivity contribution is 6.22. The molecule has 2 heterocycles. The van der Waals surface area contributed by atoms with Crippen LogP contribution >= 0.6 is 0 Å². The summed E-state index contributed by atoms with van der Waals surface area (Å²) in [6.45, 7) is 0.0146. The monoisotopic (exact) mass is 519 g/mol. The van der Waals surface area contributed by atoms with Gasteiger partial charge in [0.1, 0.15) is 11.5 Å². The van der Waals surface area contributed by atoms with Crippen LogP contribution in [0.15, 0.2) is 42.5 Å². The molecule has 0 spiro atoms. The van der Waals surface area contributed by atoms with Gasteiger partial charge in [-0.1, -0.05) is 6.07 Å². The van der Waals surface area contributed by atoms with Crippen molar-refractivity contribution in [3.05, 3.63) is 52.6 Å². The first kappa shape index (κ1) is 24.1. The Hall–Kier alpha value is -4.28. The molecular weight excluding hydrogens is 494 g/mol. The molecule has 2 bridgehead atoms. The molecule has 2 aromatic carbocycles. The van der Waals surface area contributed by atoms with Crippen LogP contribution in [0.1, 0.15) is 25.7 Å². The third-order valence-corrected chi connectivity index (χ3v) is 8.35. The van der Waals surface area contributed by atoms with Crippen LogP contribution in [0.5, 0.6) is 11.5 Å².